The highest BCUT2D eigenvalue weighted by molar-refractivity contribution is 6.24. The predicted octanol–water partition coefficient (Wildman–Crippen LogP) is 0.223. The van der Waals surface area contributed by atoms with Crippen LogP contribution in [0.1, 0.15) is 19.4 Å². The molecule has 0 aromatic heterocycles. The van der Waals surface area contributed by atoms with Crippen LogP contribution in [0.5, 0.6) is 0 Å². The third-order valence-corrected chi connectivity index (χ3v) is 5.14. The maximum atomic E-state index is 10.4. The van der Waals surface area contributed by atoms with Crippen LogP contribution in [0.25, 0.3) is 0 Å². The number of likely N-dealkylation sites (N-methyl/N-ethyl adjacent to an activating group) is 1. The monoisotopic (exact) mass is 380 g/mol. The molecule has 3 aliphatic heterocycles. The third-order valence-electron chi connectivity index (χ3n) is 5.14. The van der Waals surface area contributed by atoms with Crippen molar-refractivity contribution >= 4 is 29.5 Å². The Morgan fingerprint density at radius 1 is 1.25 bits per heavy atom. The molecule has 1 aromatic rings. The second-order valence-corrected chi connectivity index (χ2v) is 7.03. The smallest absolute Gasteiger partial charge is 0.291 e. The fraction of sp³-hybridized carbons (Fsp3) is 0.400. The van der Waals surface area contributed by atoms with Gasteiger partial charge in [0.05, 0.1) is 6.10 Å². The molecule has 0 saturated carbocycles. The number of amidine groups is 3. The molecule has 2 N–H and O–H groups in total. The highest BCUT2D eigenvalue weighted by Gasteiger charge is 2.49. The molecule has 1 saturated heterocycles. The first-order valence-electron chi connectivity index (χ1n) is 9.05. The largest absolute Gasteiger partial charge is 0.387 e. The molecule has 0 amide bonds. The number of terminal acetylenes is 1. The molecule has 1 unspecified atom stereocenters. The number of ether oxygens (including phenoxy) is 1. The first-order valence-corrected chi connectivity index (χ1v) is 9.05. The number of benzene rings is 1. The van der Waals surface area contributed by atoms with Crippen molar-refractivity contribution in [2.24, 2.45) is 15.0 Å². The van der Waals surface area contributed by atoms with E-state index in [-0.39, 0.29) is 0 Å². The van der Waals surface area contributed by atoms with Gasteiger partial charge in [0.15, 0.2) is 5.84 Å². The second-order valence-electron chi connectivity index (χ2n) is 7.03. The van der Waals surface area contributed by atoms with Gasteiger partial charge in [0, 0.05) is 25.2 Å². The van der Waals surface area contributed by atoms with E-state index in [1.165, 1.54) is 0 Å². The van der Waals surface area contributed by atoms with Gasteiger partial charge in [-0.2, -0.15) is 4.99 Å². The molecule has 3 aliphatic rings. The van der Waals surface area contributed by atoms with Crippen LogP contribution in [0, 0.1) is 12.3 Å². The molecular formula is C20H22N5O3+. The first-order chi connectivity index (χ1) is 13.4. The molecule has 0 spiro atoms. The summed E-state index contributed by atoms with van der Waals surface area (Å²) < 4.78 is 7.41. The summed E-state index contributed by atoms with van der Waals surface area (Å²) in [5, 5.41) is 20.4. The summed E-state index contributed by atoms with van der Waals surface area (Å²) in [6.07, 6.45) is 3.85. The summed E-state index contributed by atoms with van der Waals surface area (Å²) in [7, 11) is 1.90. The predicted molar refractivity (Wildman–Crippen MR) is 107 cm³/mol. The lowest BCUT2D eigenvalue weighted by atomic mass is 10.1. The first kappa shape index (κ1) is 18.5. The average molecular weight is 380 g/mol. The van der Waals surface area contributed by atoms with E-state index in [1.54, 1.807) is 24.8 Å². The SMILES string of the molecule is C#Cc1cccc(N(C)C2=NC(C)=NC3=[N+]([C@@H]4O[C@H](C)[C@@H](O)[C@H]4O)C=NC23)c1. The summed E-state index contributed by atoms with van der Waals surface area (Å²) >= 11 is 0. The molecule has 1 aromatic carbocycles. The van der Waals surface area contributed by atoms with Crippen molar-refractivity contribution in [3.8, 4) is 12.3 Å². The Balaban J connectivity index is 1.70. The zero-order chi connectivity index (χ0) is 20.0. The Labute approximate surface area is 163 Å². The van der Waals surface area contributed by atoms with Crippen molar-refractivity contribution in [2.45, 2.75) is 44.4 Å². The minimum atomic E-state index is -1.06. The standard InChI is InChI=1S/C20H22N5O3/c1-5-13-7-6-8-14(9-13)24(4)18-15-19(23-12(3)22-18)25(10-21-15)20-17(27)16(26)11(2)28-20/h1,6-11,15-17,20,26-27H,2-4H3/q+1/t11-,15?,16-,17-,20-/m1/s1. The highest BCUT2D eigenvalue weighted by Crippen LogP contribution is 2.26. The summed E-state index contributed by atoms with van der Waals surface area (Å²) in [6.45, 7) is 3.52. The van der Waals surface area contributed by atoms with Crippen LogP contribution in [0.4, 0.5) is 5.69 Å². The maximum Gasteiger partial charge on any atom is 0.291 e. The van der Waals surface area contributed by atoms with E-state index in [0.29, 0.717) is 17.5 Å². The Bertz CT molecular complexity index is 974. The molecule has 144 valence electrons. The van der Waals surface area contributed by atoms with Crippen molar-refractivity contribution in [3.63, 3.8) is 0 Å². The third kappa shape index (κ3) is 2.94. The van der Waals surface area contributed by atoms with Crippen LogP contribution >= 0.6 is 0 Å². The normalized spacial score (nSPS) is 31.4. The number of rotatable bonds is 2. The van der Waals surface area contributed by atoms with Gasteiger partial charge >= 0.3 is 0 Å². The number of aliphatic hydroxyl groups is 2. The lowest BCUT2D eigenvalue weighted by Crippen LogP contribution is -2.46. The molecule has 1 fully saturated rings. The number of anilines is 1. The molecular weight excluding hydrogens is 358 g/mol. The van der Waals surface area contributed by atoms with E-state index in [4.69, 9.17) is 11.2 Å². The molecule has 8 heteroatoms. The van der Waals surface area contributed by atoms with Crippen LogP contribution in [-0.2, 0) is 4.74 Å². The van der Waals surface area contributed by atoms with E-state index >= 15 is 0 Å². The lowest BCUT2D eigenvalue weighted by Gasteiger charge is -2.24. The topological polar surface area (TPSA) is 93.0 Å². The van der Waals surface area contributed by atoms with Gasteiger partial charge in [0.1, 0.15) is 12.2 Å². The van der Waals surface area contributed by atoms with E-state index in [2.05, 4.69) is 20.9 Å². The summed E-state index contributed by atoms with van der Waals surface area (Å²) in [6, 6.07) is 7.17. The van der Waals surface area contributed by atoms with E-state index in [9.17, 15) is 10.2 Å². The summed E-state index contributed by atoms with van der Waals surface area (Å²) in [4.78, 5) is 15.6. The lowest BCUT2D eigenvalue weighted by molar-refractivity contribution is -0.515. The Morgan fingerprint density at radius 3 is 2.71 bits per heavy atom. The van der Waals surface area contributed by atoms with Gasteiger partial charge in [-0.3, -0.25) is 0 Å². The van der Waals surface area contributed by atoms with E-state index in [0.717, 1.165) is 11.3 Å². The highest BCUT2D eigenvalue weighted by atomic mass is 16.6. The molecule has 0 bridgehead atoms. The molecule has 4 rings (SSSR count). The van der Waals surface area contributed by atoms with Gasteiger partial charge < -0.3 is 19.8 Å². The quantitative estimate of drug-likeness (QED) is 0.567. The number of aliphatic imine (C=N–C) groups is 3. The van der Waals surface area contributed by atoms with Crippen molar-refractivity contribution in [2.75, 3.05) is 11.9 Å². The van der Waals surface area contributed by atoms with Crippen LogP contribution < -0.4 is 4.90 Å². The number of hydrogen-bond donors (Lipinski definition) is 2. The van der Waals surface area contributed by atoms with Crippen LogP contribution in [-0.4, -0.2) is 76.3 Å². The Morgan fingerprint density at radius 2 is 2.04 bits per heavy atom. The Kier molecular flexibility index (Phi) is 4.59. The van der Waals surface area contributed by atoms with Crippen molar-refractivity contribution < 1.29 is 19.5 Å². The van der Waals surface area contributed by atoms with E-state index in [1.807, 2.05) is 36.2 Å². The van der Waals surface area contributed by atoms with Crippen LogP contribution in [0.2, 0.25) is 0 Å². The average Bonchev–Trinajstić information content (AvgIpc) is 3.22. The number of fused-ring (bicyclic) bond motifs is 1. The fourth-order valence-corrected chi connectivity index (χ4v) is 3.57. The molecule has 28 heavy (non-hydrogen) atoms. The minimum Gasteiger partial charge on any atom is -0.387 e. The summed E-state index contributed by atoms with van der Waals surface area (Å²) in [5.41, 5.74) is 1.66. The minimum absolute atomic E-state index is 0.438. The number of hydrogen-bond acceptors (Lipinski definition) is 7. The number of aliphatic hydroxyl groups excluding tert-OH is 2. The van der Waals surface area contributed by atoms with Gasteiger partial charge in [-0.05, 0) is 25.1 Å². The zero-order valence-electron chi connectivity index (χ0n) is 15.9. The van der Waals surface area contributed by atoms with Gasteiger partial charge in [0.2, 0.25) is 18.4 Å². The zero-order valence-corrected chi connectivity index (χ0v) is 15.9. The van der Waals surface area contributed by atoms with Gasteiger partial charge in [-0.1, -0.05) is 17.0 Å². The number of nitrogens with zero attached hydrogens (tertiary/aromatic N) is 5. The van der Waals surface area contributed by atoms with Crippen molar-refractivity contribution in [1.82, 2.24) is 0 Å². The van der Waals surface area contributed by atoms with Crippen LogP contribution in [0.15, 0.2) is 39.2 Å². The van der Waals surface area contributed by atoms with Gasteiger partial charge in [-0.15, -0.1) is 11.4 Å². The van der Waals surface area contributed by atoms with Gasteiger partial charge in [-0.25, -0.2) is 4.58 Å². The van der Waals surface area contributed by atoms with Crippen LogP contribution in [0.3, 0.4) is 0 Å². The van der Waals surface area contributed by atoms with Crippen molar-refractivity contribution in [1.29, 1.82) is 0 Å². The molecule has 8 nitrogen and oxygen atoms in total. The van der Waals surface area contributed by atoms with Crippen molar-refractivity contribution in [3.05, 3.63) is 29.8 Å². The molecule has 0 aliphatic carbocycles. The summed E-state index contributed by atoms with van der Waals surface area (Å²) in [5.74, 6) is 4.50. The fourth-order valence-electron chi connectivity index (χ4n) is 3.57. The molecule has 3 heterocycles. The van der Waals surface area contributed by atoms with E-state index < -0.39 is 30.6 Å². The Hall–Kier alpha value is -2.86. The second kappa shape index (κ2) is 6.95. The molecule has 5 atom stereocenters. The maximum absolute atomic E-state index is 10.4. The molecule has 0 radical (unpaired) electrons. The van der Waals surface area contributed by atoms with Gasteiger partial charge in [0.25, 0.3) is 11.9 Å².